The maximum atomic E-state index is 10.8. The molecule has 4 rings (SSSR count). The van der Waals surface area contributed by atoms with Crippen LogP contribution in [0.2, 0.25) is 5.02 Å². The zero-order valence-electron chi connectivity index (χ0n) is 14.9. The van der Waals surface area contributed by atoms with E-state index >= 15 is 0 Å². The number of carboxylic acid groups (broad SMARTS) is 1. The minimum atomic E-state index is -0.733. The van der Waals surface area contributed by atoms with E-state index < -0.39 is 5.97 Å². The van der Waals surface area contributed by atoms with Crippen LogP contribution < -0.4 is 0 Å². The minimum Gasteiger partial charge on any atom is -0.481 e. The van der Waals surface area contributed by atoms with Crippen molar-refractivity contribution in [3.05, 3.63) is 58.6 Å². The molecule has 0 unspecified atom stereocenters. The van der Waals surface area contributed by atoms with Crippen LogP contribution in [0.4, 0.5) is 0 Å². The van der Waals surface area contributed by atoms with Gasteiger partial charge in [0.1, 0.15) is 0 Å². The van der Waals surface area contributed by atoms with Crippen LogP contribution in [0.1, 0.15) is 17.5 Å². The number of piperazine rings is 1. The highest BCUT2D eigenvalue weighted by atomic mass is 35.5. The fraction of sp³-hybridized carbons (Fsp3) is 0.286. The lowest BCUT2D eigenvalue weighted by atomic mass is 10.1. The summed E-state index contributed by atoms with van der Waals surface area (Å²) in [5.41, 5.74) is 3.61. The van der Waals surface area contributed by atoms with Crippen LogP contribution in [-0.4, -0.2) is 53.6 Å². The SMILES string of the molecule is O=C(O)CCN1CCN(C2=Cc3cc(Cl)ccc3Sc3ccccc32)CC1. The molecule has 1 N–H and O–H groups in total. The molecule has 1 saturated heterocycles. The molecule has 0 saturated carbocycles. The van der Waals surface area contributed by atoms with Gasteiger partial charge in [-0.15, -0.1) is 0 Å². The second-order valence-corrected chi connectivity index (χ2v) is 8.30. The summed E-state index contributed by atoms with van der Waals surface area (Å²) in [6.45, 7) is 4.15. The van der Waals surface area contributed by atoms with Gasteiger partial charge in [0.05, 0.1) is 6.42 Å². The van der Waals surface area contributed by atoms with E-state index in [0.717, 1.165) is 36.8 Å². The van der Waals surface area contributed by atoms with Gasteiger partial charge in [0.2, 0.25) is 0 Å². The average Bonchev–Trinajstić information content (AvgIpc) is 2.83. The molecular weight excluding hydrogens is 380 g/mol. The first-order valence-corrected chi connectivity index (χ1v) is 10.3. The van der Waals surface area contributed by atoms with E-state index in [0.29, 0.717) is 6.54 Å². The number of benzene rings is 2. The molecule has 0 aliphatic carbocycles. The van der Waals surface area contributed by atoms with Crippen LogP contribution in [0, 0.1) is 0 Å². The third-order valence-electron chi connectivity index (χ3n) is 5.00. The molecule has 1 fully saturated rings. The molecule has 0 bridgehead atoms. The number of carbonyl (C=O) groups is 1. The Morgan fingerprint density at radius 3 is 2.63 bits per heavy atom. The van der Waals surface area contributed by atoms with E-state index in [2.05, 4.69) is 46.2 Å². The summed E-state index contributed by atoms with van der Waals surface area (Å²) >= 11 is 8.03. The minimum absolute atomic E-state index is 0.202. The van der Waals surface area contributed by atoms with Crippen LogP contribution in [-0.2, 0) is 4.79 Å². The van der Waals surface area contributed by atoms with Crippen LogP contribution in [0.5, 0.6) is 0 Å². The van der Waals surface area contributed by atoms with E-state index in [1.54, 1.807) is 11.8 Å². The number of rotatable bonds is 4. The molecule has 0 aromatic heterocycles. The molecular formula is C21H21ClN2O2S. The first kappa shape index (κ1) is 18.4. The summed E-state index contributed by atoms with van der Waals surface area (Å²) in [5, 5.41) is 9.64. The van der Waals surface area contributed by atoms with Gasteiger partial charge in [-0.1, -0.05) is 41.6 Å². The number of carboxylic acids is 1. The zero-order valence-corrected chi connectivity index (χ0v) is 16.5. The molecule has 4 nitrogen and oxygen atoms in total. The van der Waals surface area contributed by atoms with E-state index in [-0.39, 0.29) is 6.42 Å². The van der Waals surface area contributed by atoms with Gasteiger partial charge in [0, 0.05) is 58.8 Å². The summed E-state index contributed by atoms with van der Waals surface area (Å²) in [5.74, 6) is -0.733. The third kappa shape index (κ3) is 4.15. The second kappa shape index (κ2) is 7.97. The van der Waals surface area contributed by atoms with Crippen LogP contribution in [0.15, 0.2) is 52.3 Å². The van der Waals surface area contributed by atoms with E-state index in [9.17, 15) is 4.79 Å². The number of halogens is 1. The van der Waals surface area contributed by atoms with Crippen LogP contribution in [0.3, 0.4) is 0 Å². The molecule has 2 heterocycles. The molecule has 0 spiro atoms. The Morgan fingerprint density at radius 1 is 1.07 bits per heavy atom. The highest BCUT2D eigenvalue weighted by molar-refractivity contribution is 7.99. The van der Waals surface area contributed by atoms with Gasteiger partial charge in [0.25, 0.3) is 0 Å². The van der Waals surface area contributed by atoms with Gasteiger partial charge >= 0.3 is 5.97 Å². The number of hydrogen-bond donors (Lipinski definition) is 1. The molecule has 2 aromatic rings. The Hall–Kier alpha value is -1.95. The monoisotopic (exact) mass is 400 g/mol. The van der Waals surface area contributed by atoms with Crippen molar-refractivity contribution < 1.29 is 9.90 Å². The topological polar surface area (TPSA) is 43.8 Å². The predicted molar refractivity (Wildman–Crippen MR) is 110 cm³/mol. The fourth-order valence-electron chi connectivity index (χ4n) is 3.56. The molecule has 27 heavy (non-hydrogen) atoms. The summed E-state index contributed by atoms with van der Waals surface area (Å²) in [6.07, 6.45) is 2.45. The van der Waals surface area contributed by atoms with Crippen molar-refractivity contribution in [2.75, 3.05) is 32.7 Å². The quantitative estimate of drug-likeness (QED) is 0.824. The molecule has 2 aliphatic heterocycles. The first-order chi connectivity index (χ1) is 13.1. The molecule has 2 aromatic carbocycles. The number of fused-ring (bicyclic) bond motifs is 2. The van der Waals surface area contributed by atoms with Crippen molar-refractivity contribution in [1.82, 2.24) is 9.80 Å². The second-order valence-electron chi connectivity index (χ2n) is 6.78. The normalized spacial score (nSPS) is 16.9. The van der Waals surface area contributed by atoms with Crippen molar-refractivity contribution in [3.8, 4) is 0 Å². The van der Waals surface area contributed by atoms with E-state index in [1.165, 1.54) is 21.1 Å². The molecule has 0 atom stereocenters. The number of hydrogen-bond acceptors (Lipinski definition) is 4. The van der Waals surface area contributed by atoms with Gasteiger partial charge < -0.3 is 10.0 Å². The molecule has 6 heteroatoms. The van der Waals surface area contributed by atoms with Crippen molar-refractivity contribution in [1.29, 1.82) is 0 Å². The van der Waals surface area contributed by atoms with Crippen molar-refractivity contribution >= 4 is 41.1 Å². The van der Waals surface area contributed by atoms with Gasteiger partial charge in [-0.2, -0.15) is 0 Å². The van der Waals surface area contributed by atoms with Gasteiger partial charge in [-0.05, 0) is 35.9 Å². The average molecular weight is 401 g/mol. The van der Waals surface area contributed by atoms with E-state index in [4.69, 9.17) is 16.7 Å². The highest BCUT2D eigenvalue weighted by Crippen LogP contribution is 2.42. The van der Waals surface area contributed by atoms with Crippen molar-refractivity contribution in [2.45, 2.75) is 16.2 Å². The maximum Gasteiger partial charge on any atom is 0.304 e. The summed E-state index contributed by atoms with van der Waals surface area (Å²) < 4.78 is 0. The van der Waals surface area contributed by atoms with E-state index in [1.807, 2.05) is 12.1 Å². The third-order valence-corrected chi connectivity index (χ3v) is 6.40. The summed E-state index contributed by atoms with van der Waals surface area (Å²) in [4.78, 5) is 17.9. The Kier molecular flexibility index (Phi) is 5.43. The predicted octanol–water partition coefficient (Wildman–Crippen LogP) is 4.40. The maximum absolute atomic E-state index is 10.8. The van der Waals surface area contributed by atoms with Gasteiger partial charge in [-0.3, -0.25) is 9.69 Å². The van der Waals surface area contributed by atoms with Crippen LogP contribution >= 0.6 is 23.4 Å². The Balaban J connectivity index is 1.62. The number of aliphatic carboxylic acids is 1. The largest absolute Gasteiger partial charge is 0.481 e. The Morgan fingerprint density at radius 2 is 1.85 bits per heavy atom. The highest BCUT2D eigenvalue weighted by Gasteiger charge is 2.24. The fourth-order valence-corrected chi connectivity index (χ4v) is 4.78. The number of nitrogens with zero attached hydrogens (tertiary/aromatic N) is 2. The lowest BCUT2D eigenvalue weighted by molar-refractivity contribution is -0.137. The Bertz CT molecular complexity index is 892. The van der Waals surface area contributed by atoms with Gasteiger partial charge in [0.15, 0.2) is 0 Å². The molecule has 140 valence electrons. The standard InChI is InChI=1S/C21H21ClN2O2S/c22-16-5-6-19-15(13-16)14-18(17-3-1-2-4-20(17)27-19)24-11-9-23(10-12-24)8-7-21(25)26/h1-6,13-14H,7-12H2,(H,25,26). The zero-order chi connectivity index (χ0) is 18.8. The van der Waals surface area contributed by atoms with Crippen LogP contribution in [0.25, 0.3) is 11.8 Å². The lowest BCUT2D eigenvalue weighted by Crippen LogP contribution is -2.45. The molecule has 0 radical (unpaired) electrons. The first-order valence-electron chi connectivity index (χ1n) is 9.08. The molecule has 0 amide bonds. The van der Waals surface area contributed by atoms with Gasteiger partial charge in [-0.25, -0.2) is 0 Å². The lowest BCUT2D eigenvalue weighted by Gasteiger charge is -2.37. The summed E-state index contributed by atoms with van der Waals surface area (Å²) in [7, 11) is 0. The smallest absolute Gasteiger partial charge is 0.304 e. The molecule has 2 aliphatic rings. The Labute approximate surface area is 168 Å². The summed E-state index contributed by atoms with van der Waals surface area (Å²) in [6, 6.07) is 14.6. The van der Waals surface area contributed by atoms with Crippen molar-refractivity contribution in [3.63, 3.8) is 0 Å². The van der Waals surface area contributed by atoms with Crippen molar-refractivity contribution in [2.24, 2.45) is 0 Å².